The van der Waals surface area contributed by atoms with Crippen LogP contribution in [-0.2, 0) is 41.0 Å². The maximum absolute atomic E-state index is 13.3. The number of pyridine rings is 2. The number of ketones is 4. The van der Waals surface area contributed by atoms with Crippen LogP contribution in [0.4, 0.5) is 0 Å². The molecule has 2 aromatic carbocycles. The van der Waals surface area contributed by atoms with Crippen LogP contribution in [0.3, 0.4) is 0 Å². The molecule has 0 radical (unpaired) electrons. The Kier molecular flexibility index (Phi) is 12.6. The molecule has 18 heteroatoms. The third kappa shape index (κ3) is 7.67. The maximum atomic E-state index is 13.3. The van der Waals surface area contributed by atoms with Gasteiger partial charge >= 0.3 is 11.4 Å². The minimum absolute atomic E-state index is 0.00144. The first kappa shape index (κ1) is 43.6. The number of carbonyl (C=O) groups excluding carboxylic acids is 4. The van der Waals surface area contributed by atoms with Crippen LogP contribution >= 0.6 is 47.6 Å². The summed E-state index contributed by atoms with van der Waals surface area (Å²) >= 11 is 17.0. The number of halogens is 2. The number of allylic oxidation sites excluding steroid dienone is 4. The fourth-order valence-corrected chi connectivity index (χ4v) is 8.12. The Hall–Kier alpha value is -5.94. The summed E-state index contributed by atoms with van der Waals surface area (Å²) in [5, 5.41) is 1.16. The molecule has 14 nitrogen and oxygen atoms in total. The van der Waals surface area contributed by atoms with Crippen molar-refractivity contribution >= 4 is 92.8 Å². The van der Waals surface area contributed by atoms with Crippen LogP contribution in [0.2, 0.25) is 10.0 Å². The zero-order valence-electron chi connectivity index (χ0n) is 32.8. The van der Waals surface area contributed by atoms with Crippen molar-refractivity contribution < 1.29 is 19.2 Å². The number of aryl methyl sites for hydroxylation is 4. The molecule has 0 fully saturated rings. The minimum Gasteiger partial charge on any atom is -0.289 e. The van der Waals surface area contributed by atoms with Gasteiger partial charge in [-0.2, -0.15) is 0 Å². The average Bonchev–Trinajstić information content (AvgIpc) is 3.24. The van der Waals surface area contributed by atoms with E-state index in [1.807, 2.05) is 24.3 Å². The monoisotopic (exact) mass is 884 g/mol. The van der Waals surface area contributed by atoms with Gasteiger partial charge in [-0.1, -0.05) is 73.1 Å². The van der Waals surface area contributed by atoms with Gasteiger partial charge in [0.25, 0.3) is 11.1 Å². The van der Waals surface area contributed by atoms with Crippen molar-refractivity contribution in [1.29, 1.82) is 0 Å². The Balaban J connectivity index is 0.000000175. The molecule has 4 heterocycles. The quantitative estimate of drug-likeness (QED) is 0.216. The van der Waals surface area contributed by atoms with E-state index < -0.39 is 39.8 Å². The fourth-order valence-electron chi connectivity index (χ4n) is 6.66. The predicted octanol–water partition coefficient (Wildman–Crippen LogP) is 5.66. The van der Waals surface area contributed by atoms with E-state index in [0.29, 0.717) is 39.2 Å². The molecule has 0 atom stereocenters. The summed E-state index contributed by atoms with van der Waals surface area (Å²) in [5.74, 6) is -1.64. The van der Waals surface area contributed by atoms with Gasteiger partial charge in [-0.3, -0.25) is 47.0 Å². The Morgan fingerprint density at radius 3 is 1.50 bits per heavy atom. The summed E-state index contributed by atoms with van der Waals surface area (Å²) in [6, 6.07) is 14.5. The summed E-state index contributed by atoms with van der Waals surface area (Å²) in [7, 11) is 5.61. The van der Waals surface area contributed by atoms with Gasteiger partial charge in [0.15, 0.2) is 17.3 Å². The van der Waals surface area contributed by atoms with E-state index in [0.717, 1.165) is 31.9 Å². The highest BCUT2D eigenvalue weighted by Gasteiger charge is 2.34. The molecule has 2 aliphatic rings. The van der Waals surface area contributed by atoms with E-state index >= 15 is 0 Å². The van der Waals surface area contributed by atoms with Gasteiger partial charge in [-0.15, -0.1) is 12.6 Å². The zero-order valence-corrected chi connectivity index (χ0v) is 36.0. The van der Waals surface area contributed by atoms with Gasteiger partial charge in [0, 0.05) is 44.1 Å². The van der Waals surface area contributed by atoms with E-state index in [4.69, 9.17) is 23.2 Å². The molecule has 6 aromatic rings. The van der Waals surface area contributed by atoms with Crippen LogP contribution in [0.1, 0.15) is 66.7 Å². The molecule has 4 aromatic heterocycles. The zero-order chi connectivity index (χ0) is 43.9. The van der Waals surface area contributed by atoms with Crippen LogP contribution in [0.5, 0.6) is 0 Å². The number of thiol groups is 1. The molecule has 60 heavy (non-hydrogen) atoms. The molecule has 8 rings (SSSR count). The van der Waals surface area contributed by atoms with E-state index in [9.17, 15) is 38.4 Å². The maximum Gasteiger partial charge on any atom is 0.332 e. The number of Topliss-reactive ketones (excluding diaryl/α,β-unsaturated/α-hetero) is 1. The van der Waals surface area contributed by atoms with Crippen LogP contribution in [0, 0.1) is 0 Å². The Morgan fingerprint density at radius 1 is 0.583 bits per heavy atom. The molecule has 2 aliphatic carbocycles. The summed E-state index contributed by atoms with van der Waals surface area (Å²) in [5.41, 5.74) is -1.04. The van der Waals surface area contributed by atoms with Crippen molar-refractivity contribution in [2.24, 2.45) is 28.2 Å². The molecule has 0 saturated heterocycles. The summed E-state index contributed by atoms with van der Waals surface area (Å²) in [4.78, 5) is 111. The number of nitrogens with zero attached hydrogens (tertiary/aromatic N) is 6. The molecule has 0 amide bonds. The van der Waals surface area contributed by atoms with Crippen molar-refractivity contribution in [1.82, 2.24) is 28.2 Å². The minimum atomic E-state index is -0.656. The molecule has 0 unspecified atom stereocenters. The van der Waals surface area contributed by atoms with Gasteiger partial charge in [0.2, 0.25) is 5.78 Å². The van der Waals surface area contributed by atoms with E-state index in [1.54, 1.807) is 38.1 Å². The second kappa shape index (κ2) is 17.3. The predicted molar refractivity (Wildman–Crippen MR) is 234 cm³/mol. The highest BCUT2D eigenvalue weighted by molar-refractivity contribution is 8.04. The molecule has 0 spiro atoms. The molecular formula is C42H34Cl2N6O8S2. The molecule has 0 N–H and O–H groups in total. The number of carbonyl (C=O) groups is 4. The summed E-state index contributed by atoms with van der Waals surface area (Å²) in [6.07, 6.45) is 4.32. The first-order valence-electron chi connectivity index (χ1n) is 18.1. The lowest BCUT2D eigenvalue weighted by Crippen LogP contribution is -2.39. The van der Waals surface area contributed by atoms with Gasteiger partial charge in [0.1, 0.15) is 11.3 Å². The van der Waals surface area contributed by atoms with E-state index in [1.165, 1.54) is 49.5 Å². The Bertz CT molecular complexity index is 3180. The van der Waals surface area contributed by atoms with Gasteiger partial charge in [-0.25, -0.2) is 19.6 Å². The number of benzene rings is 2. The van der Waals surface area contributed by atoms with Gasteiger partial charge in [-0.05, 0) is 49.3 Å². The number of rotatable bonds is 4. The van der Waals surface area contributed by atoms with Crippen LogP contribution in [0.25, 0.3) is 22.1 Å². The first-order chi connectivity index (χ1) is 28.4. The molecular weight excluding hydrogens is 852 g/mol. The Labute approximate surface area is 360 Å². The fraction of sp³-hybridized carbons (Fsp3) is 0.190. The first-order valence-corrected chi connectivity index (χ1v) is 20.1. The van der Waals surface area contributed by atoms with E-state index in [2.05, 4.69) is 22.6 Å². The largest absolute Gasteiger partial charge is 0.332 e. The smallest absolute Gasteiger partial charge is 0.289 e. The third-order valence-corrected chi connectivity index (χ3v) is 12.1. The molecule has 0 aliphatic heterocycles. The lowest BCUT2D eigenvalue weighted by atomic mass is 9.90. The standard InChI is InChI=1S/C21H16ClN3O4S.C15H13N3O4.C6H5ClS/c1-4-11-15-16(17-19(23-11)24(2)21(29)25(3)20(17)28)12(26)9-14(18(15)27)30-13-8-6-5-7-10(13)22;1-4-7-10-8(19)5-6-9(20)11(10)12-13(16-7)17(2)15(22)18(3)14(12)21;7-5-3-1-2-4-6(5)8/h5-9H,4H2,1-3H3;5-6H,4H2,1-3H3;1-4,8H. The molecule has 0 bridgehead atoms. The third-order valence-electron chi connectivity index (χ3n) is 9.74. The topological polar surface area (TPSA) is 182 Å². The second-order valence-corrected chi connectivity index (χ2v) is 15.8. The van der Waals surface area contributed by atoms with Crippen molar-refractivity contribution in [3.8, 4) is 0 Å². The SMILES string of the molecule is CCc1nc2c(c3c1C(=O)C(Sc1ccccc1Cl)=CC3=O)c(=O)n(C)c(=O)n2C.CCc1nc2c(c3c1C(=O)C=CC3=O)c(=O)n(C)c(=O)n2C.Sc1ccccc1Cl. The van der Waals surface area contributed by atoms with Gasteiger partial charge < -0.3 is 0 Å². The average molecular weight is 886 g/mol. The normalized spacial score (nSPS) is 13.1. The highest BCUT2D eigenvalue weighted by Crippen LogP contribution is 2.38. The lowest BCUT2D eigenvalue weighted by molar-refractivity contribution is 0.0991. The van der Waals surface area contributed by atoms with Crippen LogP contribution in [0.15, 0.2) is 101 Å². The summed E-state index contributed by atoms with van der Waals surface area (Å²) in [6.45, 7) is 3.59. The Morgan fingerprint density at radius 2 is 1.03 bits per heavy atom. The van der Waals surface area contributed by atoms with E-state index in [-0.39, 0.29) is 55.0 Å². The van der Waals surface area contributed by atoms with Crippen molar-refractivity contribution in [2.75, 3.05) is 0 Å². The lowest BCUT2D eigenvalue weighted by Gasteiger charge is -2.20. The van der Waals surface area contributed by atoms with Crippen molar-refractivity contribution in [2.45, 2.75) is 36.5 Å². The number of aromatic nitrogens is 6. The van der Waals surface area contributed by atoms with Crippen LogP contribution < -0.4 is 22.5 Å². The molecule has 306 valence electrons. The number of hydrogen-bond donors (Lipinski definition) is 1. The molecule has 0 saturated carbocycles. The van der Waals surface area contributed by atoms with Crippen LogP contribution in [-0.4, -0.2) is 51.4 Å². The number of thioether (sulfide) groups is 1. The van der Waals surface area contributed by atoms with Crippen molar-refractivity contribution in [3.05, 3.63) is 157 Å². The van der Waals surface area contributed by atoms with Gasteiger partial charge in [0.05, 0.1) is 59.4 Å². The number of fused-ring (bicyclic) bond motifs is 6. The summed E-state index contributed by atoms with van der Waals surface area (Å²) < 4.78 is 4.25. The number of hydrogen-bond acceptors (Lipinski definition) is 12. The highest BCUT2D eigenvalue weighted by atomic mass is 35.5. The second-order valence-electron chi connectivity index (χ2n) is 13.4. The van der Waals surface area contributed by atoms with Crippen molar-refractivity contribution in [3.63, 3.8) is 0 Å².